The van der Waals surface area contributed by atoms with Crippen LogP contribution in [-0.4, -0.2) is 46.8 Å². The van der Waals surface area contributed by atoms with Crippen molar-refractivity contribution in [2.75, 3.05) is 20.3 Å². The Morgan fingerprint density at radius 1 is 1.19 bits per heavy atom. The molecule has 142 valence electrons. The number of esters is 1. The number of aliphatic hydroxyl groups excluding tert-OH is 1. The molecule has 2 aromatic rings. The second-order valence-electron chi connectivity index (χ2n) is 7.28. The van der Waals surface area contributed by atoms with Crippen LogP contribution in [0.4, 0.5) is 0 Å². The highest BCUT2D eigenvalue weighted by Gasteiger charge is 2.55. The summed E-state index contributed by atoms with van der Waals surface area (Å²) in [5.74, 6) is -1.05. The highest BCUT2D eigenvalue weighted by atomic mass is 16.5. The van der Waals surface area contributed by atoms with Gasteiger partial charge in [-0.3, -0.25) is 14.5 Å². The molecule has 3 heterocycles. The highest BCUT2D eigenvalue weighted by molar-refractivity contribution is 5.74. The van der Waals surface area contributed by atoms with E-state index in [1.807, 2.05) is 24.3 Å². The van der Waals surface area contributed by atoms with Crippen LogP contribution in [0.1, 0.15) is 17.3 Å². The second-order valence-corrected chi connectivity index (χ2v) is 7.28. The fourth-order valence-electron chi connectivity index (χ4n) is 4.79. The van der Waals surface area contributed by atoms with E-state index in [-0.39, 0.29) is 36.1 Å². The maximum absolute atomic E-state index is 12.6. The Morgan fingerprint density at radius 2 is 1.96 bits per heavy atom. The van der Waals surface area contributed by atoms with Gasteiger partial charge in [-0.2, -0.15) is 0 Å². The zero-order valence-corrected chi connectivity index (χ0v) is 15.3. The summed E-state index contributed by atoms with van der Waals surface area (Å²) in [5.41, 5.74) is 1.99. The first kappa shape index (κ1) is 17.9. The predicted molar refractivity (Wildman–Crippen MR) is 100 cm³/mol. The molecule has 0 spiro atoms. The summed E-state index contributed by atoms with van der Waals surface area (Å²) >= 11 is 0. The van der Waals surface area contributed by atoms with E-state index in [1.54, 1.807) is 16.7 Å². The first-order chi connectivity index (χ1) is 13.2. The Kier molecular flexibility index (Phi) is 4.85. The lowest BCUT2D eigenvalue weighted by atomic mass is 9.87. The van der Waals surface area contributed by atoms with Crippen LogP contribution in [0.25, 0.3) is 0 Å². The summed E-state index contributed by atoms with van der Waals surface area (Å²) in [7, 11) is 1.38. The average molecular weight is 368 g/mol. The van der Waals surface area contributed by atoms with E-state index in [9.17, 15) is 14.7 Å². The molecule has 1 aromatic heterocycles. The number of nitrogens with zero attached hydrogens (tertiary/aromatic N) is 2. The molecule has 1 N–H and O–H groups in total. The molecule has 27 heavy (non-hydrogen) atoms. The fourth-order valence-corrected chi connectivity index (χ4v) is 4.79. The number of carbonyl (C=O) groups excluding carboxylic acids is 1. The first-order valence-electron chi connectivity index (χ1n) is 9.34. The molecule has 6 nitrogen and oxygen atoms in total. The van der Waals surface area contributed by atoms with Crippen molar-refractivity contribution in [3.63, 3.8) is 0 Å². The molecule has 6 heteroatoms. The van der Waals surface area contributed by atoms with E-state index in [2.05, 4.69) is 17.0 Å². The molecule has 4 atom stereocenters. The van der Waals surface area contributed by atoms with E-state index in [0.717, 1.165) is 18.7 Å². The number of carbonyl (C=O) groups is 1. The van der Waals surface area contributed by atoms with Crippen LogP contribution >= 0.6 is 0 Å². The molecular formula is C21H24N2O4. The third kappa shape index (κ3) is 2.99. The molecular weight excluding hydrogens is 344 g/mol. The average Bonchev–Trinajstić information content (AvgIpc) is 2.92. The van der Waals surface area contributed by atoms with Crippen LogP contribution in [0.5, 0.6) is 0 Å². The lowest BCUT2D eigenvalue weighted by Crippen LogP contribution is -2.47. The topological polar surface area (TPSA) is 71.8 Å². The number of rotatable bonds is 5. The molecule has 0 unspecified atom stereocenters. The predicted octanol–water partition coefficient (Wildman–Crippen LogP) is 1.23. The molecule has 2 aliphatic rings. The third-order valence-electron chi connectivity index (χ3n) is 6.02. The summed E-state index contributed by atoms with van der Waals surface area (Å²) < 4.78 is 6.82. The van der Waals surface area contributed by atoms with Crippen molar-refractivity contribution in [1.82, 2.24) is 9.47 Å². The summed E-state index contributed by atoms with van der Waals surface area (Å²) in [6.07, 6.45) is 0.844. The Balaban J connectivity index is 1.73. The summed E-state index contributed by atoms with van der Waals surface area (Å²) in [4.78, 5) is 27.3. The van der Waals surface area contributed by atoms with Gasteiger partial charge in [-0.1, -0.05) is 36.4 Å². The van der Waals surface area contributed by atoms with Gasteiger partial charge >= 0.3 is 5.97 Å². The molecule has 0 saturated carbocycles. The Bertz CT molecular complexity index is 879. The van der Waals surface area contributed by atoms with Crippen molar-refractivity contribution < 1.29 is 14.6 Å². The van der Waals surface area contributed by atoms with Gasteiger partial charge in [-0.15, -0.1) is 0 Å². The van der Waals surface area contributed by atoms with Crippen LogP contribution in [-0.2, 0) is 22.5 Å². The van der Waals surface area contributed by atoms with Crippen molar-refractivity contribution in [3.8, 4) is 0 Å². The molecule has 2 aliphatic heterocycles. The Labute approximate surface area is 158 Å². The number of aliphatic hydroxyl groups is 1. The minimum absolute atomic E-state index is 0.0626. The van der Waals surface area contributed by atoms with Gasteiger partial charge in [0.25, 0.3) is 5.56 Å². The first-order valence-corrected chi connectivity index (χ1v) is 9.34. The maximum Gasteiger partial charge on any atom is 0.311 e. The standard InChI is InChI=1S/C21H24N2O4/c1-27-21(26)19-15(13-24)17-12-23-16(8-5-9-18(23)25)20(19)22(17)11-10-14-6-3-2-4-7-14/h2-9,15,17,19-20,24H,10-13H2,1H3/t15-,17-,19+,20+/m0/s1. The van der Waals surface area contributed by atoms with Crippen LogP contribution in [0.15, 0.2) is 53.3 Å². The number of ether oxygens (including phenoxy) is 1. The smallest absolute Gasteiger partial charge is 0.311 e. The zero-order chi connectivity index (χ0) is 19.0. The highest BCUT2D eigenvalue weighted by Crippen LogP contribution is 2.48. The van der Waals surface area contributed by atoms with E-state index in [4.69, 9.17) is 4.74 Å². The van der Waals surface area contributed by atoms with E-state index in [0.29, 0.717) is 6.54 Å². The van der Waals surface area contributed by atoms with Crippen molar-refractivity contribution in [1.29, 1.82) is 0 Å². The number of hydrogen-bond acceptors (Lipinski definition) is 5. The minimum Gasteiger partial charge on any atom is -0.469 e. The SMILES string of the molecule is COC(=O)[C@@H]1[C@@H](CO)[C@@H]2Cn3c(cccc3=O)[C@H]1N2CCc1ccccc1. The molecule has 0 aliphatic carbocycles. The van der Waals surface area contributed by atoms with Crippen molar-refractivity contribution in [2.45, 2.75) is 25.0 Å². The number of hydrogen-bond donors (Lipinski definition) is 1. The second kappa shape index (κ2) is 7.29. The van der Waals surface area contributed by atoms with Crippen molar-refractivity contribution >= 4 is 5.97 Å². The third-order valence-corrected chi connectivity index (χ3v) is 6.02. The van der Waals surface area contributed by atoms with Gasteiger partial charge in [0.05, 0.1) is 19.1 Å². The van der Waals surface area contributed by atoms with Gasteiger partial charge in [-0.25, -0.2) is 0 Å². The van der Waals surface area contributed by atoms with Crippen LogP contribution in [0.2, 0.25) is 0 Å². The molecule has 4 rings (SSSR count). The Hall–Kier alpha value is -2.44. The molecule has 2 bridgehead atoms. The molecule has 0 radical (unpaired) electrons. The zero-order valence-electron chi connectivity index (χ0n) is 15.3. The van der Waals surface area contributed by atoms with Gasteiger partial charge in [-0.05, 0) is 18.1 Å². The fraction of sp³-hybridized carbons (Fsp3) is 0.429. The minimum atomic E-state index is -0.476. The van der Waals surface area contributed by atoms with E-state index >= 15 is 0 Å². The largest absolute Gasteiger partial charge is 0.469 e. The van der Waals surface area contributed by atoms with Crippen LogP contribution < -0.4 is 5.56 Å². The summed E-state index contributed by atoms with van der Waals surface area (Å²) in [5, 5.41) is 10.1. The number of fused-ring (bicyclic) bond motifs is 4. The van der Waals surface area contributed by atoms with Gasteiger partial charge in [0.2, 0.25) is 0 Å². The van der Waals surface area contributed by atoms with E-state index < -0.39 is 5.92 Å². The summed E-state index contributed by atoms with van der Waals surface area (Å²) in [6.45, 7) is 1.14. The number of pyridine rings is 1. The van der Waals surface area contributed by atoms with Gasteiger partial charge in [0, 0.05) is 43.4 Å². The van der Waals surface area contributed by atoms with E-state index in [1.165, 1.54) is 12.7 Å². The normalized spacial score (nSPS) is 26.6. The number of methoxy groups -OCH3 is 1. The molecule has 1 aromatic carbocycles. The van der Waals surface area contributed by atoms with Crippen LogP contribution in [0, 0.1) is 11.8 Å². The lowest BCUT2D eigenvalue weighted by Gasteiger charge is -2.38. The monoisotopic (exact) mass is 368 g/mol. The molecule has 1 saturated heterocycles. The van der Waals surface area contributed by atoms with Gasteiger partial charge < -0.3 is 14.4 Å². The summed E-state index contributed by atoms with van der Waals surface area (Å²) in [6, 6.07) is 15.1. The van der Waals surface area contributed by atoms with Crippen molar-refractivity contribution in [3.05, 3.63) is 70.1 Å². The van der Waals surface area contributed by atoms with Gasteiger partial charge in [0.15, 0.2) is 0 Å². The molecule has 0 amide bonds. The number of benzene rings is 1. The number of aromatic nitrogens is 1. The Morgan fingerprint density at radius 3 is 2.67 bits per heavy atom. The van der Waals surface area contributed by atoms with Gasteiger partial charge in [0.1, 0.15) is 0 Å². The lowest BCUT2D eigenvalue weighted by molar-refractivity contribution is -0.148. The van der Waals surface area contributed by atoms with Crippen molar-refractivity contribution in [2.24, 2.45) is 11.8 Å². The molecule has 1 fully saturated rings. The quantitative estimate of drug-likeness (QED) is 0.804. The van der Waals surface area contributed by atoms with Crippen LogP contribution in [0.3, 0.4) is 0 Å². The maximum atomic E-state index is 12.6.